The fraction of sp³-hybridized carbons (Fsp3) is 0.154. The highest BCUT2D eigenvalue weighted by Crippen LogP contribution is 2.13. The van der Waals surface area contributed by atoms with E-state index in [1.54, 1.807) is 41.9 Å². The zero-order valence-electron chi connectivity index (χ0n) is 10.3. The highest BCUT2D eigenvalue weighted by molar-refractivity contribution is 5.95. The van der Waals surface area contributed by atoms with Gasteiger partial charge in [0.15, 0.2) is 6.04 Å². The van der Waals surface area contributed by atoms with Gasteiger partial charge < -0.3 is 15.0 Å². The van der Waals surface area contributed by atoms with E-state index in [-0.39, 0.29) is 5.69 Å². The van der Waals surface area contributed by atoms with Crippen LogP contribution in [0.1, 0.15) is 22.1 Å². The van der Waals surface area contributed by atoms with Crippen molar-refractivity contribution in [1.82, 2.24) is 14.9 Å². The molecule has 0 unspecified atom stereocenters. The van der Waals surface area contributed by atoms with Crippen LogP contribution in [-0.2, 0) is 11.8 Å². The standard InChI is InChI=1S/C13H13N3O3/c1-16-7-10(14-8-16)12(17)15-11(13(18)19)9-5-3-2-4-6-9/h2-8,11H,1H3,(H,15,17)(H,18,19)/t11-/m0/s1. The van der Waals surface area contributed by atoms with E-state index in [4.69, 9.17) is 0 Å². The summed E-state index contributed by atoms with van der Waals surface area (Å²) in [5.74, 6) is -1.63. The fourth-order valence-electron chi connectivity index (χ4n) is 1.67. The van der Waals surface area contributed by atoms with Gasteiger partial charge in [-0.1, -0.05) is 30.3 Å². The molecule has 0 aliphatic heterocycles. The third-order valence-electron chi connectivity index (χ3n) is 2.59. The summed E-state index contributed by atoms with van der Waals surface area (Å²) in [5.41, 5.74) is 0.698. The number of aromatic nitrogens is 2. The summed E-state index contributed by atoms with van der Waals surface area (Å²) in [7, 11) is 1.73. The molecule has 19 heavy (non-hydrogen) atoms. The smallest absolute Gasteiger partial charge is 0.330 e. The summed E-state index contributed by atoms with van der Waals surface area (Å²) in [6, 6.07) is 7.43. The highest BCUT2D eigenvalue weighted by Gasteiger charge is 2.23. The van der Waals surface area contributed by atoms with E-state index in [1.165, 1.54) is 12.5 Å². The fourth-order valence-corrected chi connectivity index (χ4v) is 1.67. The van der Waals surface area contributed by atoms with Gasteiger partial charge >= 0.3 is 5.97 Å². The maximum atomic E-state index is 11.9. The predicted molar refractivity (Wildman–Crippen MR) is 67.5 cm³/mol. The number of carboxylic acids is 1. The Morgan fingerprint density at radius 1 is 1.32 bits per heavy atom. The van der Waals surface area contributed by atoms with Gasteiger partial charge in [-0.25, -0.2) is 9.78 Å². The molecule has 1 aromatic carbocycles. The first kappa shape index (κ1) is 12.8. The number of hydrogen-bond acceptors (Lipinski definition) is 3. The van der Waals surface area contributed by atoms with Gasteiger partial charge in [-0.3, -0.25) is 4.79 Å². The van der Waals surface area contributed by atoms with Crippen LogP contribution in [0.15, 0.2) is 42.9 Å². The number of nitrogens with one attached hydrogen (secondary N) is 1. The van der Waals surface area contributed by atoms with Crippen LogP contribution in [0.4, 0.5) is 0 Å². The first-order chi connectivity index (χ1) is 9.08. The topological polar surface area (TPSA) is 84.2 Å². The van der Waals surface area contributed by atoms with E-state index in [9.17, 15) is 14.7 Å². The van der Waals surface area contributed by atoms with Gasteiger partial charge in [0.25, 0.3) is 5.91 Å². The van der Waals surface area contributed by atoms with Crippen molar-refractivity contribution in [1.29, 1.82) is 0 Å². The Bertz CT molecular complexity index is 592. The lowest BCUT2D eigenvalue weighted by atomic mass is 10.1. The molecule has 0 fully saturated rings. The molecule has 6 heteroatoms. The van der Waals surface area contributed by atoms with Gasteiger partial charge in [0.2, 0.25) is 0 Å². The highest BCUT2D eigenvalue weighted by atomic mass is 16.4. The summed E-state index contributed by atoms with van der Waals surface area (Å²) in [5, 5.41) is 11.6. The molecule has 1 amide bonds. The molecule has 1 atom stereocenters. The molecule has 2 N–H and O–H groups in total. The Kier molecular flexibility index (Phi) is 3.61. The molecule has 0 radical (unpaired) electrons. The lowest BCUT2D eigenvalue weighted by Gasteiger charge is -2.13. The molecule has 0 aliphatic carbocycles. The Morgan fingerprint density at radius 3 is 2.53 bits per heavy atom. The summed E-state index contributed by atoms with van der Waals surface area (Å²) < 4.78 is 1.62. The molecular formula is C13H13N3O3. The number of hydrogen-bond donors (Lipinski definition) is 2. The third-order valence-corrected chi connectivity index (χ3v) is 2.59. The number of aliphatic carboxylic acids is 1. The molecule has 0 aliphatic rings. The van der Waals surface area contributed by atoms with Crippen LogP contribution in [0.5, 0.6) is 0 Å². The van der Waals surface area contributed by atoms with Gasteiger partial charge in [0.1, 0.15) is 5.69 Å². The van der Waals surface area contributed by atoms with Crippen LogP contribution >= 0.6 is 0 Å². The van der Waals surface area contributed by atoms with Gasteiger partial charge in [-0.15, -0.1) is 0 Å². The zero-order chi connectivity index (χ0) is 13.8. The predicted octanol–water partition coefficient (Wildman–Crippen LogP) is 0.976. The summed E-state index contributed by atoms with van der Waals surface area (Å²) in [4.78, 5) is 27.0. The minimum atomic E-state index is -1.12. The van der Waals surface area contributed by atoms with E-state index >= 15 is 0 Å². The summed E-state index contributed by atoms with van der Waals surface area (Å²) in [6.45, 7) is 0. The normalized spacial score (nSPS) is 11.8. The number of amides is 1. The van der Waals surface area contributed by atoms with Gasteiger partial charge in [0, 0.05) is 13.2 Å². The monoisotopic (exact) mass is 259 g/mol. The molecule has 0 saturated heterocycles. The number of rotatable bonds is 4. The molecule has 0 spiro atoms. The SMILES string of the molecule is Cn1cnc(C(=O)N[C@H](C(=O)O)c2ccccc2)c1. The molecule has 6 nitrogen and oxygen atoms in total. The van der Waals surface area contributed by atoms with Crippen molar-refractivity contribution in [2.24, 2.45) is 7.05 Å². The number of imidazole rings is 1. The van der Waals surface area contributed by atoms with E-state index in [0.29, 0.717) is 5.56 Å². The number of carbonyl (C=O) groups is 2. The molecule has 1 aromatic heterocycles. The van der Waals surface area contributed by atoms with Crippen molar-refractivity contribution in [3.8, 4) is 0 Å². The van der Waals surface area contributed by atoms with Crippen molar-refractivity contribution >= 4 is 11.9 Å². The Balaban J connectivity index is 2.18. The zero-order valence-corrected chi connectivity index (χ0v) is 10.3. The number of nitrogens with zero attached hydrogens (tertiary/aromatic N) is 2. The molecule has 0 saturated carbocycles. The molecule has 0 bridgehead atoms. The van der Waals surface area contributed by atoms with Crippen molar-refractivity contribution in [3.05, 3.63) is 54.1 Å². The Hall–Kier alpha value is -2.63. The average Bonchev–Trinajstić information content (AvgIpc) is 2.83. The van der Waals surface area contributed by atoms with Crippen molar-refractivity contribution in [3.63, 3.8) is 0 Å². The first-order valence-electron chi connectivity index (χ1n) is 5.64. The third kappa shape index (κ3) is 2.98. The molecule has 2 aromatic rings. The number of carbonyl (C=O) groups excluding carboxylic acids is 1. The van der Waals surface area contributed by atoms with Crippen molar-refractivity contribution in [2.75, 3.05) is 0 Å². The second kappa shape index (κ2) is 5.34. The largest absolute Gasteiger partial charge is 0.479 e. The van der Waals surface area contributed by atoms with Gasteiger partial charge in [-0.2, -0.15) is 0 Å². The number of benzene rings is 1. The minimum absolute atomic E-state index is 0.185. The molecule has 2 rings (SSSR count). The maximum Gasteiger partial charge on any atom is 0.330 e. The lowest BCUT2D eigenvalue weighted by molar-refractivity contribution is -0.139. The minimum Gasteiger partial charge on any atom is -0.479 e. The van der Waals surface area contributed by atoms with Crippen LogP contribution in [0, 0.1) is 0 Å². The summed E-state index contributed by atoms with van der Waals surface area (Å²) in [6.07, 6.45) is 3.01. The van der Waals surface area contributed by atoms with Crippen LogP contribution in [-0.4, -0.2) is 26.5 Å². The van der Waals surface area contributed by atoms with Crippen LogP contribution < -0.4 is 5.32 Å². The molecule has 98 valence electrons. The van der Waals surface area contributed by atoms with E-state index in [2.05, 4.69) is 10.3 Å². The van der Waals surface area contributed by atoms with Crippen LogP contribution in [0.3, 0.4) is 0 Å². The molecular weight excluding hydrogens is 246 g/mol. The van der Waals surface area contributed by atoms with Crippen LogP contribution in [0.2, 0.25) is 0 Å². The number of carboxylic acid groups (broad SMARTS) is 1. The van der Waals surface area contributed by atoms with E-state index < -0.39 is 17.9 Å². The summed E-state index contributed by atoms with van der Waals surface area (Å²) >= 11 is 0. The maximum absolute atomic E-state index is 11.9. The van der Waals surface area contributed by atoms with Gasteiger partial charge in [0.05, 0.1) is 6.33 Å². The van der Waals surface area contributed by atoms with Crippen LogP contribution in [0.25, 0.3) is 0 Å². The van der Waals surface area contributed by atoms with E-state index in [0.717, 1.165) is 0 Å². The second-order valence-corrected chi connectivity index (χ2v) is 4.08. The quantitative estimate of drug-likeness (QED) is 0.857. The van der Waals surface area contributed by atoms with Crippen molar-refractivity contribution in [2.45, 2.75) is 6.04 Å². The average molecular weight is 259 g/mol. The molecule has 1 heterocycles. The second-order valence-electron chi connectivity index (χ2n) is 4.08. The van der Waals surface area contributed by atoms with E-state index in [1.807, 2.05) is 0 Å². The lowest BCUT2D eigenvalue weighted by Crippen LogP contribution is -2.33. The van der Waals surface area contributed by atoms with Crippen molar-refractivity contribution < 1.29 is 14.7 Å². The number of aryl methyl sites for hydroxylation is 1. The Labute approximate surface area is 109 Å². The first-order valence-corrected chi connectivity index (χ1v) is 5.64. The Morgan fingerprint density at radius 2 is 2.00 bits per heavy atom. The van der Waals surface area contributed by atoms with Gasteiger partial charge in [-0.05, 0) is 5.56 Å².